The molecule has 5 heteroatoms. The molecule has 9 aromatic carbocycles. The minimum absolute atomic E-state index is 0.603. The van der Waals surface area contributed by atoms with Crippen molar-refractivity contribution in [3.63, 3.8) is 0 Å². The van der Waals surface area contributed by atoms with Gasteiger partial charge < -0.3 is 9.13 Å². The lowest BCUT2D eigenvalue weighted by Gasteiger charge is -2.17. The zero-order valence-corrected chi connectivity index (χ0v) is 33.6. The number of hydrogen-bond acceptors (Lipinski definition) is 3. The largest absolute Gasteiger partial charge is 0.309 e. The minimum atomic E-state index is 0.603. The van der Waals surface area contributed by atoms with E-state index in [0.717, 1.165) is 60.9 Å². The summed E-state index contributed by atoms with van der Waals surface area (Å²) in [5, 5.41) is 4.53. The Hall–Kier alpha value is -8.41. The predicted octanol–water partition coefficient (Wildman–Crippen LogP) is 14.4. The van der Waals surface area contributed by atoms with Crippen LogP contribution in [0.5, 0.6) is 0 Å². The average molecular weight is 792 g/mol. The highest BCUT2D eigenvalue weighted by molar-refractivity contribution is 6.19. The van der Waals surface area contributed by atoms with E-state index in [1.807, 2.05) is 36.4 Å². The number of hydrogen-bond donors (Lipinski definition) is 0. The Morgan fingerprint density at radius 2 is 0.694 bits per heavy atom. The van der Waals surface area contributed by atoms with E-state index >= 15 is 0 Å². The van der Waals surface area contributed by atoms with Crippen LogP contribution in [0.25, 0.3) is 111 Å². The van der Waals surface area contributed by atoms with E-state index < -0.39 is 0 Å². The van der Waals surface area contributed by atoms with Crippen LogP contribution < -0.4 is 0 Å². The molecule has 0 atom stereocenters. The van der Waals surface area contributed by atoms with Gasteiger partial charge in [0.2, 0.25) is 0 Å². The molecule has 12 rings (SSSR count). The molecule has 0 aliphatic rings. The number of aromatic nitrogens is 5. The number of para-hydroxylation sites is 2. The second-order valence-corrected chi connectivity index (χ2v) is 15.6. The molecule has 0 aliphatic carbocycles. The van der Waals surface area contributed by atoms with Crippen LogP contribution in [-0.2, 0) is 0 Å². The second kappa shape index (κ2) is 14.7. The van der Waals surface area contributed by atoms with Gasteiger partial charge in [0.1, 0.15) is 0 Å². The number of nitrogens with zero attached hydrogens (tertiary/aromatic N) is 5. The average Bonchev–Trinajstić information content (AvgIpc) is 3.87. The lowest BCUT2D eigenvalue weighted by molar-refractivity contribution is 1.07. The quantitative estimate of drug-likeness (QED) is 0.162. The highest BCUT2D eigenvalue weighted by atomic mass is 15.1. The Balaban J connectivity index is 1.24. The second-order valence-electron chi connectivity index (χ2n) is 15.6. The normalized spacial score (nSPS) is 11.5. The van der Waals surface area contributed by atoms with Crippen molar-refractivity contribution in [2.45, 2.75) is 0 Å². The van der Waals surface area contributed by atoms with E-state index in [1.165, 1.54) is 33.0 Å². The van der Waals surface area contributed by atoms with Gasteiger partial charge >= 0.3 is 0 Å². The Kier molecular flexibility index (Phi) is 8.42. The van der Waals surface area contributed by atoms with Gasteiger partial charge in [-0.05, 0) is 76.9 Å². The molecule has 12 aromatic rings. The van der Waals surface area contributed by atoms with Gasteiger partial charge in [0.15, 0.2) is 17.5 Å². The molecule has 290 valence electrons. The monoisotopic (exact) mass is 791 g/mol. The third-order valence-electron chi connectivity index (χ3n) is 12.0. The Morgan fingerprint density at radius 1 is 0.274 bits per heavy atom. The first-order valence-corrected chi connectivity index (χ1v) is 21.0. The molecule has 0 fully saturated rings. The van der Waals surface area contributed by atoms with Crippen LogP contribution in [-0.4, -0.2) is 24.1 Å². The Labute approximate surface area is 358 Å². The van der Waals surface area contributed by atoms with Crippen molar-refractivity contribution < 1.29 is 0 Å². The third kappa shape index (κ3) is 5.90. The van der Waals surface area contributed by atoms with Crippen molar-refractivity contribution >= 4 is 43.6 Å². The maximum atomic E-state index is 5.43. The molecule has 5 nitrogen and oxygen atoms in total. The fourth-order valence-electron chi connectivity index (χ4n) is 9.14. The molecule has 0 unspecified atom stereocenters. The molecular formula is C57H37N5. The van der Waals surface area contributed by atoms with Gasteiger partial charge in [-0.15, -0.1) is 0 Å². The predicted molar refractivity (Wildman–Crippen MR) is 256 cm³/mol. The van der Waals surface area contributed by atoms with Crippen LogP contribution in [0.15, 0.2) is 224 Å². The van der Waals surface area contributed by atoms with E-state index in [0.29, 0.717) is 17.5 Å². The molecule has 0 spiro atoms. The van der Waals surface area contributed by atoms with Crippen molar-refractivity contribution in [1.82, 2.24) is 24.1 Å². The van der Waals surface area contributed by atoms with Crippen LogP contribution in [0.2, 0.25) is 0 Å². The molecular weight excluding hydrogens is 755 g/mol. The summed E-state index contributed by atoms with van der Waals surface area (Å²) in [6, 6.07) is 79.3. The van der Waals surface area contributed by atoms with Crippen LogP contribution in [0.1, 0.15) is 0 Å². The van der Waals surface area contributed by atoms with Crippen molar-refractivity contribution in [2.75, 3.05) is 0 Å². The van der Waals surface area contributed by atoms with Crippen LogP contribution in [0.4, 0.5) is 0 Å². The third-order valence-corrected chi connectivity index (χ3v) is 12.0. The molecule has 0 saturated heterocycles. The van der Waals surface area contributed by atoms with Gasteiger partial charge in [-0.3, -0.25) is 0 Å². The fourth-order valence-corrected chi connectivity index (χ4v) is 9.14. The van der Waals surface area contributed by atoms with Crippen molar-refractivity contribution in [2.24, 2.45) is 0 Å². The van der Waals surface area contributed by atoms with Gasteiger partial charge in [0.05, 0.1) is 33.3 Å². The summed E-state index contributed by atoms with van der Waals surface area (Å²) >= 11 is 0. The molecule has 0 radical (unpaired) electrons. The zero-order chi connectivity index (χ0) is 41.0. The first-order valence-electron chi connectivity index (χ1n) is 21.0. The topological polar surface area (TPSA) is 48.5 Å². The van der Waals surface area contributed by atoms with Crippen molar-refractivity contribution in [1.29, 1.82) is 0 Å². The smallest absolute Gasteiger partial charge is 0.166 e. The molecule has 62 heavy (non-hydrogen) atoms. The van der Waals surface area contributed by atoms with Gasteiger partial charge in [-0.1, -0.05) is 170 Å². The zero-order valence-electron chi connectivity index (χ0n) is 33.6. The molecule has 0 aliphatic heterocycles. The summed E-state index contributed by atoms with van der Waals surface area (Å²) in [6.45, 7) is 0. The lowest BCUT2D eigenvalue weighted by Crippen LogP contribution is -2.04. The first-order chi connectivity index (χ1) is 30.8. The minimum Gasteiger partial charge on any atom is -0.309 e. The van der Waals surface area contributed by atoms with Crippen molar-refractivity contribution in [3.05, 3.63) is 224 Å². The fraction of sp³-hybridized carbons (Fsp3) is 0. The highest BCUT2D eigenvalue weighted by Crippen LogP contribution is 2.45. The highest BCUT2D eigenvalue weighted by Gasteiger charge is 2.26. The summed E-state index contributed by atoms with van der Waals surface area (Å²) in [6.07, 6.45) is 0. The van der Waals surface area contributed by atoms with E-state index in [-0.39, 0.29) is 0 Å². The molecule has 0 saturated carbocycles. The number of benzene rings is 9. The molecule has 0 N–H and O–H groups in total. The van der Waals surface area contributed by atoms with E-state index in [1.54, 1.807) is 0 Å². The maximum Gasteiger partial charge on any atom is 0.166 e. The van der Waals surface area contributed by atoms with E-state index in [2.05, 4.69) is 197 Å². The van der Waals surface area contributed by atoms with Crippen LogP contribution in [0, 0.1) is 0 Å². The molecule has 3 aromatic heterocycles. The summed E-state index contributed by atoms with van der Waals surface area (Å²) in [5.74, 6) is 1.84. The summed E-state index contributed by atoms with van der Waals surface area (Å²) in [7, 11) is 0. The first kappa shape index (κ1) is 35.5. The SMILES string of the molecule is c1ccc(-c2ccc3c(c2)c2cc(-c4ccccc4)ccc2n3-c2ccc3c(c2-c2nc(-c4ccccc4)nc(-c4ccccc4)n2)c2ccccc2n3-c2ccccc2)cc1. The van der Waals surface area contributed by atoms with Crippen LogP contribution >= 0.6 is 0 Å². The molecule has 0 amide bonds. The summed E-state index contributed by atoms with van der Waals surface area (Å²) in [4.78, 5) is 16.0. The Morgan fingerprint density at radius 3 is 1.23 bits per heavy atom. The standard InChI is InChI=1S/C57H37N5/c1-6-18-38(19-7-1)42-30-32-49-46(36-42)47-37-43(39-20-8-2-9-21-39)31-33-50(47)62(49)52-35-34-51-53(45-28-16-17-29-48(45)61(51)44-26-14-5-15-27-44)54(52)57-59-55(40-22-10-3-11-23-40)58-56(60-57)41-24-12-4-13-25-41/h1-37H. The van der Waals surface area contributed by atoms with Gasteiger partial charge in [0.25, 0.3) is 0 Å². The van der Waals surface area contributed by atoms with Gasteiger partial charge in [0, 0.05) is 38.4 Å². The molecule has 0 bridgehead atoms. The Bertz CT molecular complexity index is 3440. The van der Waals surface area contributed by atoms with E-state index in [4.69, 9.17) is 15.0 Å². The molecule has 3 heterocycles. The lowest BCUT2D eigenvalue weighted by atomic mass is 10.0. The summed E-state index contributed by atoms with van der Waals surface area (Å²) < 4.78 is 4.78. The van der Waals surface area contributed by atoms with Crippen LogP contribution in [0.3, 0.4) is 0 Å². The summed E-state index contributed by atoms with van der Waals surface area (Å²) in [5.41, 5.74) is 13.9. The number of rotatable bonds is 7. The van der Waals surface area contributed by atoms with Crippen molar-refractivity contribution in [3.8, 4) is 67.8 Å². The van der Waals surface area contributed by atoms with Gasteiger partial charge in [-0.25, -0.2) is 15.0 Å². The van der Waals surface area contributed by atoms with Gasteiger partial charge in [-0.2, -0.15) is 0 Å². The maximum absolute atomic E-state index is 5.43. The number of fused-ring (bicyclic) bond motifs is 6. The van der Waals surface area contributed by atoms with E-state index in [9.17, 15) is 0 Å².